The molecule has 0 unspecified atom stereocenters. The van der Waals surface area contributed by atoms with Crippen LogP contribution in [-0.2, 0) is 0 Å². The van der Waals surface area contributed by atoms with Gasteiger partial charge < -0.3 is 10.1 Å². The molecule has 0 amide bonds. The molecule has 0 aliphatic rings. The maximum Gasteiger partial charge on any atom is 0.400 e. The molecule has 0 spiro atoms. The first-order chi connectivity index (χ1) is 5.25. The summed E-state index contributed by atoms with van der Waals surface area (Å²) in [6, 6.07) is 1.56. The Morgan fingerprint density at radius 1 is 1.55 bits per heavy atom. The lowest BCUT2D eigenvalue weighted by atomic mass is 10.4. The molecule has 0 aliphatic heterocycles. The Morgan fingerprint density at radius 3 is 2.64 bits per heavy atom. The molecular weight excluding hydrogens is 148 g/mol. The Morgan fingerprint density at radius 2 is 2.18 bits per heavy atom. The summed E-state index contributed by atoms with van der Waals surface area (Å²) in [5, 5.41) is 18.4. The van der Waals surface area contributed by atoms with Crippen LogP contribution in [0.4, 0.5) is 5.82 Å². The van der Waals surface area contributed by atoms with E-state index < -0.39 is 10.7 Å². The van der Waals surface area contributed by atoms with Gasteiger partial charge in [0.25, 0.3) is 0 Å². The summed E-state index contributed by atoms with van der Waals surface area (Å²) in [7, 11) is 0. The van der Waals surface area contributed by atoms with Crippen molar-refractivity contribution in [3.8, 4) is 6.07 Å². The highest BCUT2D eigenvalue weighted by Gasteiger charge is 2.14. The summed E-state index contributed by atoms with van der Waals surface area (Å²) in [5.74, 6) is -0.505. The van der Waals surface area contributed by atoms with Crippen LogP contribution in [0.1, 0.15) is 5.69 Å². The highest BCUT2D eigenvalue weighted by Crippen LogP contribution is 2.08. The fraction of sp³-hybridized carbons (Fsp3) is 0. The van der Waals surface area contributed by atoms with E-state index in [4.69, 9.17) is 5.26 Å². The number of hydrogen-bond donors (Lipinski definition) is 0. The lowest BCUT2D eigenvalue weighted by molar-refractivity contribution is -0.390. The van der Waals surface area contributed by atoms with E-state index in [0.29, 0.717) is 0 Å². The topological polar surface area (TPSA) is 92.7 Å². The molecule has 1 heterocycles. The molecular formula is C5H2N4O2. The fourth-order valence-corrected chi connectivity index (χ4v) is 0.543. The van der Waals surface area contributed by atoms with Crippen molar-refractivity contribution < 1.29 is 4.92 Å². The van der Waals surface area contributed by atoms with Crippen molar-refractivity contribution in [1.82, 2.24) is 9.97 Å². The van der Waals surface area contributed by atoms with E-state index in [9.17, 15) is 10.1 Å². The van der Waals surface area contributed by atoms with Gasteiger partial charge in [-0.25, -0.2) is 4.98 Å². The zero-order chi connectivity index (χ0) is 8.27. The van der Waals surface area contributed by atoms with Gasteiger partial charge in [0.05, 0.1) is 6.20 Å². The summed E-state index contributed by atoms with van der Waals surface area (Å²) in [6.45, 7) is 0. The lowest BCUT2D eigenvalue weighted by Gasteiger charge is -1.90. The van der Waals surface area contributed by atoms with Gasteiger partial charge in [-0.3, -0.25) is 0 Å². The van der Waals surface area contributed by atoms with Crippen LogP contribution >= 0.6 is 0 Å². The highest BCUT2D eigenvalue weighted by molar-refractivity contribution is 5.35. The van der Waals surface area contributed by atoms with Crippen LogP contribution in [0, 0.1) is 21.4 Å². The van der Waals surface area contributed by atoms with Crippen molar-refractivity contribution in [2.24, 2.45) is 0 Å². The Labute approximate surface area is 61.3 Å². The third kappa shape index (κ3) is 1.27. The molecule has 1 rings (SSSR count). The monoisotopic (exact) mass is 150 g/mol. The Balaban J connectivity index is 3.26. The summed E-state index contributed by atoms with van der Waals surface area (Å²) < 4.78 is 0. The predicted molar refractivity (Wildman–Crippen MR) is 33.4 cm³/mol. The highest BCUT2D eigenvalue weighted by atomic mass is 16.6. The Kier molecular flexibility index (Phi) is 1.74. The molecule has 0 N–H and O–H groups in total. The number of aromatic nitrogens is 2. The summed E-state index contributed by atoms with van der Waals surface area (Å²) in [5.41, 5.74) is -0.266. The number of nitriles is 1. The fourth-order valence-electron chi connectivity index (χ4n) is 0.543. The minimum Gasteiger partial charge on any atom is -0.358 e. The first-order valence-electron chi connectivity index (χ1n) is 2.61. The van der Waals surface area contributed by atoms with Crippen LogP contribution in [0.25, 0.3) is 0 Å². The molecule has 0 fully saturated rings. The number of nitrogens with zero attached hydrogens (tertiary/aromatic N) is 4. The SMILES string of the molecule is N#Cc1nccnc1[N+](=O)[O-]. The standard InChI is InChI=1S/C5H2N4O2/c6-3-4-5(9(10)11)8-2-1-7-4/h1-2H. The first kappa shape index (κ1) is 7.08. The lowest BCUT2D eigenvalue weighted by Crippen LogP contribution is -1.96. The van der Waals surface area contributed by atoms with Crippen molar-refractivity contribution in [2.75, 3.05) is 0 Å². The van der Waals surface area contributed by atoms with Crippen LogP contribution in [-0.4, -0.2) is 14.9 Å². The molecule has 6 nitrogen and oxygen atoms in total. The minimum absolute atomic E-state index is 0.266. The van der Waals surface area contributed by atoms with Gasteiger partial charge in [-0.05, 0) is 9.91 Å². The van der Waals surface area contributed by atoms with Crippen molar-refractivity contribution >= 4 is 5.82 Å². The van der Waals surface area contributed by atoms with Crippen molar-refractivity contribution in [1.29, 1.82) is 5.26 Å². The van der Waals surface area contributed by atoms with Gasteiger partial charge in [-0.15, -0.1) is 0 Å². The smallest absolute Gasteiger partial charge is 0.358 e. The second-order valence-electron chi connectivity index (χ2n) is 1.60. The van der Waals surface area contributed by atoms with E-state index in [-0.39, 0.29) is 5.69 Å². The molecule has 11 heavy (non-hydrogen) atoms. The maximum atomic E-state index is 10.1. The number of nitro groups is 1. The summed E-state index contributed by atoms with van der Waals surface area (Å²) in [4.78, 5) is 16.2. The molecule has 1 aromatic rings. The van der Waals surface area contributed by atoms with Gasteiger partial charge in [0.2, 0.25) is 5.69 Å². The van der Waals surface area contributed by atoms with E-state index in [2.05, 4.69) is 9.97 Å². The van der Waals surface area contributed by atoms with Gasteiger partial charge >= 0.3 is 5.82 Å². The number of hydrogen-bond acceptors (Lipinski definition) is 5. The molecule has 6 heteroatoms. The molecule has 0 aliphatic carbocycles. The Hall–Kier alpha value is -2.03. The average molecular weight is 150 g/mol. The summed E-state index contributed by atoms with van der Waals surface area (Å²) in [6.07, 6.45) is 2.39. The quantitative estimate of drug-likeness (QED) is 0.422. The van der Waals surface area contributed by atoms with Crippen LogP contribution in [0.15, 0.2) is 12.4 Å². The molecule has 1 aromatic heterocycles. The molecule has 0 radical (unpaired) electrons. The molecule has 0 saturated heterocycles. The van der Waals surface area contributed by atoms with E-state index in [0.717, 1.165) is 0 Å². The largest absolute Gasteiger partial charge is 0.400 e. The minimum atomic E-state index is -0.744. The van der Waals surface area contributed by atoms with Crippen LogP contribution in [0.2, 0.25) is 0 Å². The van der Waals surface area contributed by atoms with Crippen LogP contribution in [0.5, 0.6) is 0 Å². The van der Waals surface area contributed by atoms with Gasteiger partial charge in [-0.2, -0.15) is 5.26 Å². The van der Waals surface area contributed by atoms with Crippen molar-refractivity contribution in [3.05, 3.63) is 28.2 Å². The number of rotatable bonds is 1. The van der Waals surface area contributed by atoms with E-state index in [1.54, 1.807) is 6.07 Å². The first-order valence-corrected chi connectivity index (χ1v) is 2.61. The maximum absolute atomic E-state index is 10.1. The van der Waals surface area contributed by atoms with Crippen molar-refractivity contribution in [2.45, 2.75) is 0 Å². The predicted octanol–water partition coefficient (Wildman–Crippen LogP) is 0.256. The molecule has 0 atom stereocenters. The molecule has 54 valence electrons. The third-order valence-electron chi connectivity index (χ3n) is 0.958. The zero-order valence-corrected chi connectivity index (χ0v) is 5.26. The average Bonchev–Trinajstić information content (AvgIpc) is 2.04. The third-order valence-corrected chi connectivity index (χ3v) is 0.958. The van der Waals surface area contributed by atoms with Gasteiger partial charge in [0.15, 0.2) is 6.20 Å². The second kappa shape index (κ2) is 2.70. The van der Waals surface area contributed by atoms with E-state index in [1.165, 1.54) is 12.4 Å². The van der Waals surface area contributed by atoms with Crippen LogP contribution < -0.4 is 0 Å². The summed E-state index contributed by atoms with van der Waals surface area (Å²) >= 11 is 0. The second-order valence-corrected chi connectivity index (χ2v) is 1.60. The van der Waals surface area contributed by atoms with Crippen molar-refractivity contribution in [3.63, 3.8) is 0 Å². The van der Waals surface area contributed by atoms with Gasteiger partial charge in [0, 0.05) is 0 Å². The zero-order valence-electron chi connectivity index (χ0n) is 5.26. The van der Waals surface area contributed by atoms with Gasteiger partial charge in [0.1, 0.15) is 6.07 Å². The Bertz CT molecular complexity index is 329. The van der Waals surface area contributed by atoms with Crippen LogP contribution in [0.3, 0.4) is 0 Å². The normalized spacial score (nSPS) is 8.64. The molecule has 0 bridgehead atoms. The molecule has 0 saturated carbocycles. The van der Waals surface area contributed by atoms with E-state index in [1.807, 2.05) is 0 Å². The van der Waals surface area contributed by atoms with Gasteiger partial charge in [-0.1, -0.05) is 0 Å². The van der Waals surface area contributed by atoms with E-state index >= 15 is 0 Å². The molecule has 0 aromatic carbocycles.